The van der Waals surface area contributed by atoms with E-state index < -0.39 is 6.10 Å². The summed E-state index contributed by atoms with van der Waals surface area (Å²) in [5.41, 5.74) is 0. The second-order valence-electron chi connectivity index (χ2n) is 18.5. The van der Waals surface area contributed by atoms with Crippen molar-refractivity contribution < 1.29 is 23.8 Å². The average Bonchev–Trinajstić information content (AvgIpc) is 3.27. The molecule has 5 heteroatoms. The van der Waals surface area contributed by atoms with Crippen LogP contribution in [0.25, 0.3) is 0 Å². The maximum atomic E-state index is 12.8. The Bertz CT molecular complexity index is 986. The molecule has 0 N–H and O–H groups in total. The lowest BCUT2D eigenvalue weighted by atomic mass is 10.0. The van der Waals surface area contributed by atoms with E-state index in [0.717, 1.165) is 57.8 Å². The van der Waals surface area contributed by atoms with Gasteiger partial charge in [-0.05, 0) is 77.0 Å². The van der Waals surface area contributed by atoms with Crippen LogP contribution >= 0.6 is 0 Å². The highest BCUT2D eigenvalue weighted by atomic mass is 16.6. The number of esters is 2. The van der Waals surface area contributed by atoms with Gasteiger partial charge in [-0.15, -0.1) is 0 Å². The molecular formula is C57H106O5. The SMILES string of the molecule is CCCCC/C=C\C/C=C\CCCCCCCC(=O)OC(COCCCCCCCC/C=C\CCCCCC)COC(=O)CCCCCCCCCCCCCCCCCCC. The van der Waals surface area contributed by atoms with E-state index in [1.807, 2.05) is 0 Å². The molecule has 0 aromatic carbocycles. The summed E-state index contributed by atoms with van der Waals surface area (Å²) in [7, 11) is 0. The molecule has 364 valence electrons. The minimum absolute atomic E-state index is 0.0822. The van der Waals surface area contributed by atoms with E-state index in [-0.39, 0.29) is 25.2 Å². The third kappa shape index (κ3) is 50.8. The molecule has 0 aromatic heterocycles. The Labute approximate surface area is 387 Å². The van der Waals surface area contributed by atoms with Gasteiger partial charge in [-0.3, -0.25) is 9.59 Å². The van der Waals surface area contributed by atoms with Crippen molar-refractivity contribution >= 4 is 11.9 Å². The lowest BCUT2D eigenvalue weighted by Gasteiger charge is -2.18. The minimum Gasteiger partial charge on any atom is -0.462 e. The van der Waals surface area contributed by atoms with Gasteiger partial charge >= 0.3 is 11.9 Å². The normalized spacial score (nSPS) is 12.4. The molecule has 0 aliphatic carbocycles. The van der Waals surface area contributed by atoms with Crippen molar-refractivity contribution in [3.63, 3.8) is 0 Å². The Morgan fingerprint density at radius 3 is 1.13 bits per heavy atom. The van der Waals surface area contributed by atoms with Crippen LogP contribution in [0.5, 0.6) is 0 Å². The van der Waals surface area contributed by atoms with E-state index in [9.17, 15) is 9.59 Å². The molecule has 0 saturated carbocycles. The average molecular weight is 871 g/mol. The molecule has 0 radical (unpaired) electrons. The van der Waals surface area contributed by atoms with Crippen molar-refractivity contribution in [2.75, 3.05) is 19.8 Å². The van der Waals surface area contributed by atoms with Gasteiger partial charge in [-0.1, -0.05) is 237 Å². The Kier molecular flexibility index (Phi) is 51.8. The van der Waals surface area contributed by atoms with Gasteiger partial charge in [0.05, 0.1) is 6.61 Å². The predicted molar refractivity (Wildman–Crippen MR) is 270 cm³/mol. The van der Waals surface area contributed by atoms with Crippen molar-refractivity contribution in [3.8, 4) is 0 Å². The second-order valence-corrected chi connectivity index (χ2v) is 18.5. The molecule has 0 saturated heterocycles. The van der Waals surface area contributed by atoms with Crippen molar-refractivity contribution in [2.45, 2.75) is 297 Å². The summed E-state index contributed by atoms with van der Waals surface area (Å²) in [6, 6.07) is 0. The third-order valence-corrected chi connectivity index (χ3v) is 12.1. The molecule has 0 amide bonds. The summed E-state index contributed by atoms with van der Waals surface area (Å²) in [6.45, 7) is 7.81. The maximum absolute atomic E-state index is 12.8. The van der Waals surface area contributed by atoms with Crippen LogP contribution in [0.4, 0.5) is 0 Å². The van der Waals surface area contributed by atoms with Crippen LogP contribution in [0, 0.1) is 0 Å². The van der Waals surface area contributed by atoms with Crippen LogP contribution in [0.1, 0.15) is 290 Å². The molecule has 0 bridgehead atoms. The van der Waals surface area contributed by atoms with Crippen LogP contribution in [0.3, 0.4) is 0 Å². The predicted octanol–water partition coefficient (Wildman–Crippen LogP) is 18.6. The second kappa shape index (κ2) is 53.5. The Morgan fingerprint density at radius 2 is 0.677 bits per heavy atom. The largest absolute Gasteiger partial charge is 0.462 e. The van der Waals surface area contributed by atoms with Crippen molar-refractivity contribution in [1.29, 1.82) is 0 Å². The number of allylic oxidation sites excluding steroid dienone is 6. The van der Waals surface area contributed by atoms with Gasteiger partial charge in [0.1, 0.15) is 6.61 Å². The molecule has 5 nitrogen and oxygen atoms in total. The number of carbonyl (C=O) groups excluding carboxylic acids is 2. The third-order valence-electron chi connectivity index (χ3n) is 12.1. The minimum atomic E-state index is -0.542. The van der Waals surface area contributed by atoms with E-state index in [1.165, 1.54) is 199 Å². The topological polar surface area (TPSA) is 61.8 Å². The zero-order chi connectivity index (χ0) is 44.9. The molecule has 0 spiro atoms. The van der Waals surface area contributed by atoms with E-state index in [1.54, 1.807) is 0 Å². The first-order chi connectivity index (χ1) is 30.6. The molecule has 0 rings (SSSR count). The summed E-state index contributed by atoms with van der Waals surface area (Å²) < 4.78 is 17.4. The van der Waals surface area contributed by atoms with Gasteiger partial charge in [-0.25, -0.2) is 0 Å². The first kappa shape index (κ1) is 60.1. The van der Waals surface area contributed by atoms with Crippen LogP contribution in [0.2, 0.25) is 0 Å². The zero-order valence-corrected chi connectivity index (χ0v) is 41.9. The highest BCUT2D eigenvalue weighted by molar-refractivity contribution is 5.70. The lowest BCUT2D eigenvalue weighted by Crippen LogP contribution is -2.30. The first-order valence-corrected chi connectivity index (χ1v) is 27.5. The quantitative estimate of drug-likeness (QED) is 0.0346. The molecule has 1 unspecified atom stereocenters. The lowest BCUT2D eigenvalue weighted by molar-refractivity contribution is -0.163. The van der Waals surface area contributed by atoms with E-state index in [2.05, 4.69) is 57.2 Å². The summed E-state index contributed by atoms with van der Waals surface area (Å²) in [6.07, 6.45) is 64.4. The number of carbonyl (C=O) groups is 2. The van der Waals surface area contributed by atoms with Crippen LogP contribution in [-0.2, 0) is 23.8 Å². The summed E-state index contributed by atoms with van der Waals surface area (Å²) in [5, 5.41) is 0. The van der Waals surface area contributed by atoms with Crippen LogP contribution in [-0.4, -0.2) is 37.9 Å². The fourth-order valence-electron chi connectivity index (χ4n) is 8.01. The molecule has 0 aliphatic heterocycles. The van der Waals surface area contributed by atoms with Gasteiger partial charge in [0.15, 0.2) is 6.10 Å². The summed E-state index contributed by atoms with van der Waals surface area (Å²) in [4.78, 5) is 25.4. The number of hydrogen-bond donors (Lipinski definition) is 0. The van der Waals surface area contributed by atoms with Crippen molar-refractivity contribution in [3.05, 3.63) is 36.5 Å². The maximum Gasteiger partial charge on any atom is 0.306 e. The number of ether oxygens (including phenoxy) is 3. The molecule has 1 atom stereocenters. The fourth-order valence-corrected chi connectivity index (χ4v) is 8.01. The summed E-state index contributed by atoms with van der Waals surface area (Å²) in [5.74, 6) is -0.400. The monoisotopic (exact) mass is 871 g/mol. The van der Waals surface area contributed by atoms with Crippen molar-refractivity contribution in [1.82, 2.24) is 0 Å². The Hall–Kier alpha value is -1.88. The van der Waals surface area contributed by atoms with E-state index in [4.69, 9.17) is 14.2 Å². The Morgan fingerprint density at radius 1 is 0.355 bits per heavy atom. The van der Waals surface area contributed by atoms with Gasteiger partial charge in [0.2, 0.25) is 0 Å². The Balaban J connectivity index is 4.25. The molecule has 62 heavy (non-hydrogen) atoms. The molecular weight excluding hydrogens is 765 g/mol. The van der Waals surface area contributed by atoms with Gasteiger partial charge in [0.25, 0.3) is 0 Å². The first-order valence-electron chi connectivity index (χ1n) is 27.5. The van der Waals surface area contributed by atoms with Gasteiger partial charge < -0.3 is 14.2 Å². The smallest absolute Gasteiger partial charge is 0.306 e. The molecule has 0 heterocycles. The fraction of sp³-hybridized carbons (Fsp3) is 0.860. The van der Waals surface area contributed by atoms with Crippen LogP contribution < -0.4 is 0 Å². The molecule has 0 fully saturated rings. The molecule has 0 aromatic rings. The highest BCUT2D eigenvalue weighted by Gasteiger charge is 2.17. The van der Waals surface area contributed by atoms with Crippen molar-refractivity contribution in [2.24, 2.45) is 0 Å². The highest BCUT2D eigenvalue weighted by Crippen LogP contribution is 2.16. The standard InChI is InChI=1S/C57H106O5/c1-4-7-10-13-16-19-22-25-28-29-31-32-35-38-41-44-47-50-56(58)61-54-55(53-60-52-49-46-43-40-37-34-27-24-21-18-15-12-9-6-3)62-57(59)51-48-45-42-39-36-33-30-26-23-20-17-14-11-8-5-2/h17,20-21,24,26,30,55H,4-16,18-19,22-23,25,27-29,31-54H2,1-3H3/b20-17-,24-21-,30-26-. The number of hydrogen-bond acceptors (Lipinski definition) is 5. The van der Waals surface area contributed by atoms with E-state index in [0.29, 0.717) is 19.4 Å². The van der Waals surface area contributed by atoms with Gasteiger partial charge in [-0.2, -0.15) is 0 Å². The van der Waals surface area contributed by atoms with E-state index >= 15 is 0 Å². The number of rotatable bonds is 51. The van der Waals surface area contributed by atoms with Crippen LogP contribution in [0.15, 0.2) is 36.5 Å². The zero-order valence-electron chi connectivity index (χ0n) is 41.9. The summed E-state index contributed by atoms with van der Waals surface area (Å²) >= 11 is 0. The number of unbranched alkanes of at least 4 members (excludes halogenated alkanes) is 34. The van der Waals surface area contributed by atoms with Gasteiger partial charge in [0, 0.05) is 19.4 Å². The molecule has 0 aliphatic rings.